The fraction of sp³-hybridized carbons (Fsp3) is 0.429. The quantitative estimate of drug-likeness (QED) is 0.882. The van der Waals surface area contributed by atoms with E-state index >= 15 is 0 Å². The molecule has 0 saturated carbocycles. The molecule has 2 unspecified atom stereocenters. The Kier molecular flexibility index (Phi) is 4.98. The molecule has 2 aliphatic rings. The van der Waals surface area contributed by atoms with Crippen molar-refractivity contribution < 1.29 is 9.59 Å². The van der Waals surface area contributed by atoms with Crippen molar-refractivity contribution in [3.8, 4) is 0 Å². The molecule has 2 saturated heterocycles. The van der Waals surface area contributed by atoms with Crippen LogP contribution >= 0.6 is 0 Å². The molecule has 1 aromatic carbocycles. The van der Waals surface area contributed by atoms with Gasteiger partial charge in [-0.1, -0.05) is 17.7 Å². The summed E-state index contributed by atoms with van der Waals surface area (Å²) in [6, 6.07) is 9.72. The van der Waals surface area contributed by atoms with Gasteiger partial charge in [0.1, 0.15) is 0 Å². The van der Waals surface area contributed by atoms with Crippen molar-refractivity contribution in [2.45, 2.75) is 32.1 Å². The lowest BCUT2D eigenvalue weighted by Gasteiger charge is -2.34. The number of aryl methyl sites for hydroxylation is 1. The number of benzene rings is 1. The molecule has 7 nitrogen and oxygen atoms in total. The van der Waals surface area contributed by atoms with Crippen LogP contribution in [-0.4, -0.2) is 46.3 Å². The highest BCUT2D eigenvalue weighted by Crippen LogP contribution is 2.30. The molecule has 2 aromatic rings. The molecule has 28 heavy (non-hydrogen) atoms. The average molecular weight is 379 g/mol. The molecular weight excluding hydrogens is 354 g/mol. The number of carbonyl (C=O) groups is 2. The topological polar surface area (TPSA) is 92.4 Å². The van der Waals surface area contributed by atoms with Crippen molar-refractivity contribution in [1.29, 1.82) is 0 Å². The van der Waals surface area contributed by atoms with Gasteiger partial charge < -0.3 is 15.5 Å². The maximum atomic E-state index is 13.1. The first kappa shape index (κ1) is 18.4. The van der Waals surface area contributed by atoms with Gasteiger partial charge in [0.05, 0.1) is 11.6 Å². The first-order valence-corrected chi connectivity index (χ1v) is 9.75. The number of amides is 2. The minimum atomic E-state index is -0.289. The Balaban J connectivity index is 1.44. The molecule has 0 spiro atoms. The van der Waals surface area contributed by atoms with E-state index in [4.69, 9.17) is 5.73 Å². The number of nitrogens with zero attached hydrogens (tertiary/aromatic N) is 4. The molecule has 4 rings (SSSR count). The van der Waals surface area contributed by atoms with E-state index in [0.717, 1.165) is 36.3 Å². The summed E-state index contributed by atoms with van der Waals surface area (Å²) in [4.78, 5) is 37.5. The number of hydrogen-bond donors (Lipinski definition) is 1. The van der Waals surface area contributed by atoms with Gasteiger partial charge in [0.2, 0.25) is 17.8 Å². The molecule has 1 aromatic heterocycles. The summed E-state index contributed by atoms with van der Waals surface area (Å²) in [5.41, 5.74) is 8.60. The second-order valence-corrected chi connectivity index (χ2v) is 7.70. The SMILES string of the molecule is Cc1ccc(N2CC(C(=O)N3CCCC(c4ccnc(N)n4)C3)CC2=O)cc1. The smallest absolute Gasteiger partial charge is 0.228 e. The van der Waals surface area contributed by atoms with Crippen molar-refractivity contribution >= 4 is 23.5 Å². The lowest BCUT2D eigenvalue weighted by atomic mass is 9.93. The number of piperidine rings is 1. The van der Waals surface area contributed by atoms with Crippen molar-refractivity contribution in [3.05, 3.63) is 47.8 Å². The lowest BCUT2D eigenvalue weighted by Crippen LogP contribution is -2.43. The highest BCUT2D eigenvalue weighted by atomic mass is 16.2. The van der Waals surface area contributed by atoms with Crippen molar-refractivity contribution in [2.75, 3.05) is 30.3 Å². The van der Waals surface area contributed by atoms with Gasteiger partial charge in [0.25, 0.3) is 0 Å². The Labute approximate surface area is 164 Å². The summed E-state index contributed by atoms with van der Waals surface area (Å²) < 4.78 is 0. The molecule has 2 aliphatic heterocycles. The normalized spacial score (nSPS) is 22.5. The number of nitrogens with two attached hydrogens (primary N) is 1. The Morgan fingerprint density at radius 3 is 2.71 bits per heavy atom. The molecule has 146 valence electrons. The Morgan fingerprint density at radius 1 is 1.18 bits per heavy atom. The van der Waals surface area contributed by atoms with Crippen LogP contribution in [0.1, 0.15) is 36.4 Å². The monoisotopic (exact) mass is 379 g/mol. The number of rotatable bonds is 3. The van der Waals surface area contributed by atoms with E-state index in [1.54, 1.807) is 11.1 Å². The Bertz CT molecular complexity index is 883. The van der Waals surface area contributed by atoms with Crippen molar-refractivity contribution in [1.82, 2.24) is 14.9 Å². The van der Waals surface area contributed by atoms with Gasteiger partial charge in [-0.2, -0.15) is 0 Å². The molecule has 0 aliphatic carbocycles. The van der Waals surface area contributed by atoms with Gasteiger partial charge in [0.15, 0.2) is 0 Å². The van der Waals surface area contributed by atoms with Crippen LogP contribution in [0.2, 0.25) is 0 Å². The summed E-state index contributed by atoms with van der Waals surface area (Å²) in [5.74, 6) is 0.210. The Hall–Kier alpha value is -2.96. The van der Waals surface area contributed by atoms with Gasteiger partial charge in [-0.05, 0) is 38.0 Å². The standard InChI is InChI=1S/C21H25N5O2/c1-14-4-6-17(7-5-14)26-13-16(11-19(26)27)20(28)25-10-2-3-15(12-25)18-8-9-23-21(22)24-18/h4-9,15-16H,2-3,10-13H2,1H3,(H2,22,23,24). The third kappa shape index (κ3) is 3.69. The zero-order valence-corrected chi connectivity index (χ0v) is 16.0. The average Bonchev–Trinajstić information content (AvgIpc) is 3.10. The van der Waals surface area contributed by atoms with E-state index in [-0.39, 0.29) is 36.0 Å². The first-order valence-electron chi connectivity index (χ1n) is 9.75. The van der Waals surface area contributed by atoms with E-state index in [2.05, 4.69) is 9.97 Å². The number of nitrogen functional groups attached to an aromatic ring is 1. The van der Waals surface area contributed by atoms with Crippen molar-refractivity contribution in [2.24, 2.45) is 5.92 Å². The number of aromatic nitrogens is 2. The van der Waals surface area contributed by atoms with Gasteiger partial charge >= 0.3 is 0 Å². The van der Waals surface area contributed by atoms with Crippen LogP contribution in [0, 0.1) is 12.8 Å². The maximum Gasteiger partial charge on any atom is 0.228 e. The molecule has 0 bridgehead atoms. The zero-order valence-electron chi connectivity index (χ0n) is 16.0. The van der Waals surface area contributed by atoms with Crippen LogP contribution in [0.4, 0.5) is 11.6 Å². The Morgan fingerprint density at radius 2 is 1.96 bits per heavy atom. The van der Waals surface area contributed by atoms with Crippen LogP contribution in [0.15, 0.2) is 36.5 Å². The summed E-state index contributed by atoms with van der Waals surface area (Å²) in [6.07, 6.45) is 3.82. The van der Waals surface area contributed by atoms with Crippen LogP contribution < -0.4 is 10.6 Å². The molecular formula is C21H25N5O2. The minimum absolute atomic E-state index is 0.0133. The maximum absolute atomic E-state index is 13.1. The van der Waals surface area contributed by atoms with E-state index in [9.17, 15) is 9.59 Å². The third-order valence-corrected chi connectivity index (χ3v) is 5.67. The number of hydrogen-bond acceptors (Lipinski definition) is 5. The highest BCUT2D eigenvalue weighted by molar-refractivity contribution is 6.00. The minimum Gasteiger partial charge on any atom is -0.368 e. The van der Waals surface area contributed by atoms with Crippen LogP contribution in [-0.2, 0) is 9.59 Å². The van der Waals surface area contributed by atoms with E-state index in [1.165, 1.54) is 0 Å². The molecule has 2 fully saturated rings. The second kappa shape index (κ2) is 7.58. The number of likely N-dealkylation sites (tertiary alicyclic amines) is 1. The summed E-state index contributed by atoms with van der Waals surface area (Å²) in [6.45, 7) is 3.80. The molecule has 7 heteroatoms. The van der Waals surface area contributed by atoms with Crippen LogP contribution in [0.5, 0.6) is 0 Å². The largest absolute Gasteiger partial charge is 0.368 e. The van der Waals surface area contributed by atoms with Crippen LogP contribution in [0.3, 0.4) is 0 Å². The number of carbonyl (C=O) groups excluding carboxylic acids is 2. The zero-order chi connectivity index (χ0) is 19.7. The summed E-state index contributed by atoms with van der Waals surface area (Å²) in [7, 11) is 0. The molecule has 2 N–H and O–H groups in total. The van der Waals surface area contributed by atoms with Crippen LogP contribution in [0.25, 0.3) is 0 Å². The third-order valence-electron chi connectivity index (χ3n) is 5.67. The molecule has 3 heterocycles. The molecule has 2 atom stereocenters. The van der Waals surface area contributed by atoms with Crippen molar-refractivity contribution in [3.63, 3.8) is 0 Å². The predicted molar refractivity (Wildman–Crippen MR) is 107 cm³/mol. The first-order chi connectivity index (χ1) is 13.5. The summed E-state index contributed by atoms with van der Waals surface area (Å²) in [5, 5.41) is 0. The molecule has 2 amide bonds. The van der Waals surface area contributed by atoms with Gasteiger partial charge in [0, 0.05) is 43.9 Å². The van der Waals surface area contributed by atoms with Gasteiger partial charge in [-0.25, -0.2) is 9.97 Å². The fourth-order valence-corrected chi connectivity index (χ4v) is 4.14. The second-order valence-electron chi connectivity index (χ2n) is 7.70. The molecule has 0 radical (unpaired) electrons. The lowest BCUT2D eigenvalue weighted by molar-refractivity contribution is -0.137. The van der Waals surface area contributed by atoms with Gasteiger partial charge in [-0.15, -0.1) is 0 Å². The number of anilines is 2. The fourth-order valence-electron chi connectivity index (χ4n) is 4.14. The van der Waals surface area contributed by atoms with E-state index in [1.807, 2.05) is 42.2 Å². The van der Waals surface area contributed by atoms with E-state index in [0.29, 0.717) is 13.1 Å². The summed E-state index contributed by atoms with van der Waals surface area (Å²) >= 11 is 0. The highest BCUT2D eigenvalue weighted by Gasteiger charge is 2.38. The van der Waals surface area contributed by atoms with E-state index < -0.39 is 0 Å². The predicted octanol–water partition coefficient (Wildman–Crippen LogP) is 2.13. The van der Waals surface area contributed by atoms with Gasteiger partial charge in [-0.3, -0.25) is 9.59 Å².